The van der Waals surface area contributed by atoms with Gasteiger partial charge in [0.1, 0.15) is 5.69 Å². The van der Waals surface area contributed by atoms with Crippen molar-refractivity contribution >= 4 is 33.4 Å². The highest BCUT2D eigenvalue weighted by Gasteiger charge is 2.15. The maximum Gasteiger partial charge on any atom is 0.290 e. The molecule has 1 aromatic heterocycles. The summed E-state index contributed by atoms with van der Waals surface area (Å²) >= 11 is 3.32. The molecule has 2 aromatic carbocycles. The average Bonchev–Trinajstić information content (AvgIpc) is 3.12. The van der Waals surface area contributed by atoms with Gasteiger partial charge in [-0.15, -0.1) is 0 Å². The molecule has 0 aliphatic rings. The number of hydrogen-bond acceptors (Lipinski definition) is 4. The normalized spacial score (nSPS) is 10.4. The summed E-state index contributed by atoms with van der Waals surface area (Å²) in [7, 11) is 0. The van der Waals surface area contributed by atoms with E-state index in [1.54, 1.807) is 18.2 Å². The minimum Gasteiger partial charge on any atom is -0.350 e. The van der Waals surface area contributed by atoms with Gasteiger partial charge in [0, 0.05) is 21.8 Å². The summed E-state index contributed by atoms with van der Waals surface area (Å²) < 4.78 is 5.99. The minimum absolute atomic E-state index is 0.0528. The van der Waals surface area contributed by atoms with Gasteiger partial charge in [-0.2, -0.15) is 0 Å². The summed E-state index contributed by atoms with van der Waals surface area (Å²) in [6.45, 7) is 1.82. The Labute approximate surface area is 158 Å². The Kier molecular flexibility index (Phi) is 5.48. The lowest BCUT2D eigenvalue weighted by molar-refractivity contribution is -0.115. The average molecular weight is 414 g/mol. The zero-order valence-corrected chi connectivity index (χ0v) is 15.5. The van der Waals surface area contributed by atoms with E-state index >= 15 is 0 Å². The summed E-state index contributed by atoms with van der Waals surface area (Å²) in [4.78, 5) is 24.0. The first-order valence-electron chi connectivity index (χ1n) is 7.88. The van der Waals surface area contributed by atoms with Crippen LogP contribution < -0.4 is 10.6 Å². The van der Waals surface area contributed by atoms with Gasteiger partial charge < -0.3 is 15.2 Å². The molecule has 0 unspecified atom stereocenters. The van der Waals surface area contributed by atoms with Crippen LogP contribution in [0.3, 0.4) is 0 Å². The first-order chi connectivity index (χ1) is 12.5. The van der Waals surface area contributed by atoms with Crippen LogP contribution in [0.4, 0.5) is 5.69 Å². The molecular weight excluding hydrogens is 398 g/mol. The van der Waals surface area contributed by atoms with Crippen LogP contribution in [0.1, 0.15) is 16.1 Å². The third kappa shape index (κ3) is 4.58. The van der Waals surface area contributed by atoms with Gasteiger partial charge >= 0.3 is 0 Å². The Balaban J connectivity index is 1.55. The van der Waals surface area contributed by atoms with E-state index in [-0.39, 0.29) is 18.2 Å². The minimum atomic E-state index is -0.498. The van der Waals surface area contributed by atoms with Gasteiger partial charge in [0.05, 0.1) is 6.54 Å². The zero-order valence-electron chi connectivity index (χ0n) is 14.0. The summed E-state index contributed by atoms with van der Waals surface area (Å²) in [6.07, 6.45) is 0. The molecule has 0 bridgehead atoms. The lowest BCUT2D eigenvalue weighted by Gasteiger charge is -2.05. The van der Waals surface area contributed by atoms with Crippen LogP contribution >= 0.6 is 15.9 Å². The second kappa shape index (κ2) is 7.97. The van der Waals surface area contributed by atoms with E-state index in [1.807, 2.05) is 43.3 Å². The van der Waals surface area contributed by atoms with Crippen molar-refractivity contribution in [3.63, 3.8) is 0 Å². The number of nitrogens with one attached hydrogen (secondary N) is 2. The molecule has 1 heterocycles. The number of anilines is 1. The van der Waals surface area contributed by atoms with Crippen molar-refractivity contribution in [1.82, 2.24) is 10.5 Å². The standard InChI is InChI=1S/C19H16BrN3O3/c1-12-2-4-13(5-3-12)16-10-17(26-23-16)19(25)21-11-18(24)22-15-8-6-14(20)7-9-15/h2-10H,11H2,1H3,(H,21,25)(H,22,24). The molecule has 3 aromatic rings. The second-order valence-electron chi connectivity index (χ2n) is 5.68. The molecule has 3 rings (SSSR count). The van der Waals surface area contributed by atoms with Crippen molar-refractivity contribution in [3.05, 3.63) is 70.4 Å². The van der Waals surface area contributed by atoms with Crippen LogP contribution in [0.15, 0.2) is 63.6 Å². The predicted molar refractivity (Wildman–Crippen MR) is 102 cm³/mol. The lowest BCUT2D eigenvalue weighted by Crippen LogP contribution is -2.32. The molecule has 0 spiro atoms. The number of amides is 2. The maximum absolute atomic E-state index is 12.1. The van der Waals surface area contributed by atoms with E-state index in [4.69, 9.17) is 4.52 Å². The quantitative estimate of drug-likeness (QED) is 0.666. The Morgan fingerprint density at radius 1 is 1.08 bits per heavy atom. The fraction of sp³-hybridized carbons (Fsp3) is 0.105. The van der Waals surface area contributed by atoms with Gasteiger partial charge in [0.15, 0.2) is 0 Å². The Morgan fingerprint density at radius 3 is 2.46 bits per heavy atom. The molecule has 132 valence electrons. The molecule has 26 heavy (non-hydrogen) atoms. The summed E-state index contributed by atoms with van der Waals surface area (Å²) in [5, 5.41) is 9.10. The van der Waals surface area contributed by atoms with Crippen LogP contribution in [-0.2, 0) is 4.79 Å². The number of aryl methyl sites for hydroxylation is 1. The number of aromatic nitrogens is 1. The van der Waals surface area contributed by atoms with Gasteiger partial charge in [-0.3, -0.25) is 9.59 Å². The summed E-state index contributed by atoms with van der Waals surface area (Å²) in [6, 6.07) is 16.4. The molecule has 7 heteroatoms. The first-order valence-corrected chi connectivity index (χ1v) is 8.68. The van der Waals surface area contributed by atoms with Crippen molar-refractivity contribution in [3.8, 4) is 11.3 Å². The molecule has 0 radical (unpaired) electrons. The highest BCUT2D eigenvalue weighted by molar-refractivity contribution is 9.10. The summed E-state index contributed by atoms with van der Waals surface area (Å²) in [5.41, 5.74) is 3.20. The van der Waals surface area contributed by atoms with E-state index in [1.165, 1.54) is 0 Å². The number of halogens is 1. The number of carbonyl (C=O) groups is 2. The van der Waals surface area contributed by atoms with E-state index in [9.17, 15) is 9.59 Å². The van der Waals surface area contributed by atoms with E-state index < -0.39 is 5.91 Å². The highest BCUT2D eigenvalue weighted by Crippen LogP contribution is 2.19. The van der Waals surface area contributed by atoms with Crippen LogP contribution in [0.2, 0.25) is 0 Å². The Hall–Kier alpha value is -2.93. The van der Waals surface area contributed by atoms with Crippen molar-refractivity contribution in [2.24, 2.45) is 0 Å². The molecule has 0 atom stereocenters. The monoisotopic (exact) mass is 413 g/mol. The third-order valence-electron chi connectivity index (χ3n) is 3.62. The number of benzene rings is 2. The Bertz CT molecular complexity index is 918. The van der Waals surface area contributed by atoms with Crippen molar-refractivity contribution in [1.29, 1.82) is 0 Å². The Morgan fingerprint density at radius 2 is 1.77 bits per heavy atom. The van der Waals surface area contributed by atoms with Crippen LogP contribution in [-0.4, -0.2) is 23.5 Å². The largest absolute Gasteiger partial charge is 0.350 e. The van der Waals surface area contributed by atoms with Gasteiger partial charge in [0.25, 0.3) is 5.91 Å². The number of hydrogen-bond donors (Lipinski definition) is 2. The van der Waals surface area contributed by atoms with E-state index in [0.29, 0.717) is 11.4 Å². The van der Waals surface area contributed by atoms with Gasteiger partial charge in [-0.25, -0.2) is 0 Å². The predicted octanol–water partition coefficient (Wildman–Crippen LogP) is 3.78. The van der Waals surface area contributed by atoms with Crippen molar-refractivity contribution < 1.29 is 14.1 Å². The van der Waals surface area contributed by atoms with Crippen LogP contribution in [0, 0.1) is 6.92 Å². The van der Waals surface area contributed by atoms with E-state index in [0.717, 1.165) is 15.6 Å². The molecule has 6 nitrogen and oxygen atoms in total. The molecule has 0 aliphatic heterocycles. The van der Waals surface area contributed by atoms with E-state index in [2.05, 4.69) is 31.7 Å². The SMILES string of the molecule is Cc1ccc(-c2cc(C(=O)NCC(=O)Nc3ccc(Br)cc3)on2)cc1. The van der Waals surface area contributed by atoms with Gasteiger partial charge in [-0.05, 0) is 31.2 Å². The highest BCUT2D eigenvalue weighted by atomic mass is 79.9. The molecule has 2 amide bonds. The molecule has 0 aliphatic carbocycles. The molecule has 2 N–H and O–H groups in total. The second-order valence-corrected chi connectivity index (χ2v) is 6.60. The van der Waals surface area contributed by atoms with Gasteiger partial charge in [0.2, 0.25) is 11.7 Å². The summed E-state index contributed by atoms with van der Waals surface area (Å²) in [5.74, 6) is -0.780. The molecular formula is C19H16BrN3O3. The fourth-order valence-electron chi connectivity index (χ4n) is 2.23. The first kappa shape index (κ1) is 17.9. The van der Waals surface area contributed by atoms with Crippen LogP contribution in [0.5, 0.6) is 0 Å². The molecule has 0 saturated heterocycles. The third-order valence-corrected chi connectivity index (χ3v) is 4.15. The maximum atomic E-state index is 12.1. The topological polar surface area (TPSA) is 84.2 Å². The lowest BCUT2D eigenvalue weighted by atomic mass is 10.1. The van der Waals surface area contributed by atoms with Crippen LogP contribution in [0.25, 0.3) is 11.3 Å². The molecule has 0 fully saturated rings. The van der Waals surface area contributed by atoms with Crippen molar-refractivity contribution in [2.75, 3.05) is 11.9 Å². The number of nitrogens with zero attached hydrogens (tertiary/aromatic N) is 1. The fourth-order valence-corrected chi connectivity index (χ4v) is 2.49. The smallest absolute Gasteiger partial charge is 0.290 e. The van der Waals surface area contributed by atoms with Gasteiger partial charge in [-0.1, -0.05) is 50.9 Å². The van der Waals surface area contributed by atoms with Crippen molar-refractivity contribution in [2.45, 2.75) is 6.92 Å². The number of carbonyl (C=O) groups excluding carboxylic acids is 2. The molecule has 0 saturated carbocycles. The zero-order chi connectivity index (χ0) is 18.5. The number of rotatable bonds is 5.